The molecule has 0 saturated heterocycles. The van der Waals surface area contributed by atoms with Gasteiger partial charge in [-0.15, -0.1) is 0 Å². The quantitative estimate of drug-likeness (QED) is 0.889. The van der Waals surface area contributed by atoms with Crippen molar-refractivity contribution < 1.29 is 18.4 Å². The Kier molecular flexibility index (Phi) is 4.16. The van der Waals surface area contributed by atoms with Gasteiger partial charge in [-0.05, 0) is 23.8 Å². The zero-order valence-corrected chi connectivity index (χ0v) is 12.8. The van der Waals surface area contributed by atoms with E-state index in [4.69, 9.17) is 0 Å². The fraction of sp³-hybridized carbons (Fsp3) is 0.176. The smallest absolute Gasteiger partial charge is 0.327 e. The minimum Gasteiger partial charge on any atom is -0.357 e. The number of rotatable bonds is 2. The fourth-order valence-electron chi connectivity index (χ4n) is 2.80. The molecule has 2 N–H and O–H groups in total. The van der Waals surface area contributed by atoms with Gasteiger partial charge in [0.2, 0.25) is 5.91 Å². The average Bonchev–Trinajstić information content (AvgIpc) is 2.97. The predicted molar refractivity (Wildman–Crippen MR) is 85.9 cm³/mol. The number of urea groups is 1. The number of hydrogen-bond acceptors (Lipinski definition) is 2. The van der Waals surface area contributed by atoms with E-state index in [1.165, 1.54) is 18.0 Å². The molecule has 2 aromatic rings. The van der Waals surface area contributed by atoms with Gasteiger partial charge >= 0.3 is 6.03 Å². The monoisotopic (exact) mass is 331 g/mol. The van der Waals surface area contributed by atoms with Crippen LogP contribution in [0.5, 0.6) is 0 Å². The third-order valence-electron chi connectivity index (χ3n) is 3.94. The summed E-state index contributed by atoms with van der Waals surface area (Å²) in [5, 5.41) is 4.73. The van der Waals surface area contributed by atoms with Crippen molar-refractivity contribution in [3.05, 3.63) is 59.7 Å². The second kappa shape index (κ2) is 6.27. The highest BCUT2D eigenvalue weighted by Crippen LogP contribution is 2.33. The number of benzene rings is 2. The van der Waals surface area contributed by atoms with Crippen molar-refractivity contribution in [1.82, 2.24) is 5.32 Å². The number of carbonyl (C=O) groups excluding carboxylic acids is 2. The van der Waals surface area contributed by atoms with E-state index in [0.29, 0.717) is 12.1 Å². The SMILES string of the molecule is CNC(=O)C1Cc2ccccc2N1C(=O)Nc1c(F)cccc1F. The lowest BCUT2D eigenvalue weighted by Gasteiger charge is -2.24. The normalized spacial score (nSPS) is 15.8. The summed E-state index contributed by atoms with van der Waals surface area (Å²) in [6.45, 7) is 0. The van der Waals surface area contributed by atoms with Crippen molar-refractivity contribution in [2.24, 2.45) is 0 Å². The van der Waals surface area contributed by atoms with E-state index in [9.17, 15) is 18.4 Å². The molecule has 0 fully saturated rings. The summed E-state index contributed by atoms with van der Waals surface area (Å²) in [5.74, 6) is -2.12. The minimum absolute atomic E-state index is 0.336. The first kappa shape index (κ1) is 15.9. The maximum absolute atomic E-state index is 13.8. The maximum Gasteiger partial charge on any atom is 0.327 e. The van der Waals surface area contributed by atoms with E-state index < -0.39 is 29.4 Å². The number of nitrogens with zero attached hydrogens (tertiary/aromatic N) is 1. The number of para-hydroxylation sites is 2. The lowest BCUT2D eigenvalue weighted by Crippen LogP contribution is -2.48. The average molecular weight is 331 g/mol. The molecule has 0 bridgehead atoms. The van der Waals surface area contributed by atoms with Crippen LogP contribution in [-0.4, -0.2) is 25.0 Å². The number of fused-ring (bicyclic) bond motifs is 1. The van der Waals surface area contributed by atoms with Gasteiger partial charge in [-0.3, -0.25) is 9.69 Å². The number of anilines is 2. The highest BCUT2D eigenvalue weighted by molar-refractivity contribution is 6.08. The van der Waals surface area contributed by atoms with Crippen molar-refractivity contribution in [2.45, 2.75) is 12.5 Å². The number of hydrogen-bond donors (Lipinski definition) is 2. The van der Waals surface area contributed by atoms with E-state index in [1.54, 1.807) is 18.2 Å². The Bertz CT molecular complexity index is 790. The van der Waals surface area contributed by atoms with Crippen molar-refractivity contribution in [3.8, 4) is 0 Å². The number of likely N-dealkylation sites (N-methyl/N-ethyl adjacent to an activating group) is 1. The largest absolute Gasteiger partial charge is 0.357 e. The van der Waals surface area contributed by atoms with Gasteiger partial charge in [0.1, 0.15) is 23.4 Å². The molecular weight excluding hydrogens is 316 g/mol. The summed E-state index contributed by atoms with van der Waals surface area (Å²) in [6.07, 6.45) is 0.336. The van der Waals surface area contributed by atoms with Crippen LogP contribution in [0.2, 0.25) is 0 Å². The van der Waals surface area contributed by atoms with Crippen molar-refractivity contribution >= 4 is 23.3 Å². The third kappa shape index (κ3) is 2.68. The third-order valence-corrected chi connectivity index (χ3v) is 3.94. The molecule has 0 spiro atoms. The van der Waals surface area contributed by atoms with Crippen molar-refractivity contribution in [2.75, 3.05) is 17.3 Å². The zero-order chi connectivity index (χ0) is 17.3. The molecule has 1 heterocycles. The summed E-state index contributed by atoms with van der Waals surface area (Å²) in [4.78, 5) is 25.9. The summed E-state index contributed by atoms with van der Waals surface area (Å²) in [7, 11) is 1.47. The molecule has 3 rings (SSSR count). The van der Waals surface area contributed by atoms with Crippen LogP contribution in [0, 0.1) is 11.6 Å². The van der Waals surface area contributed by atoms with Crippen LogP contribution < -0.4 is 15.5 Å². The fourth-order valence-corrected chi connectivity index (χ4v) is 2.80. The summed E-state index contributed by atoms with van der Waals surface area (Å²) < 4.78 is 27.5. The molecule has 5 nitrogen and oxygen atoms in total. The van der Waals surface area contributed by atoms with Gasteiger partial charge in [-0.25, -0.2) is 13.6 Å². The highest BCUT2D eigenvalue weighted by atomic mass is 19.1. The first-order valence-corrected chi connectivity index (χ1v) is 7.36. The van der Waals surface area contributed by atoms with Crippen molar-refractivity contribution in [1.29, 1.82) is 0 Å². The molecule has 124 valence electrons. The molecule has 3 amide bonds. The van der Waals surface area contributed by atoms with Gasteiger partial charge in [0, 0.05) is 19.2 Å². The number of carbonyl (C=O) groups is 2. The first-order valence-electron chi connectivity index (χ1n) is 7.36. The molecule has 7 heteroatoms. The van der Waals surface area contributed by atoms with Gasteiger partial charge < -0.3 is 10.6 Å². The van der Waals surface area contributed by atoms with Crippen LogP contribution in [-0.2, 0) is 11.2 Å². The van der Waals surface area contributed by atoms with Crippen LogP contribution in [0.15, 0.2) is 42.5 Å². The Morgan fingerprint density at radius 2 is 1.75 bits per heavy atom. The molecular formula is C17H15F2N3O2. The maximum atomic E-state index is 13.8. The van der Waals surface area contributed by atoms with E-state index in [2.05, 4.69) is 10.6 Å². The summed E-state index contributed by atoms with van der Waals surface area (Å²) >= 11 is 0. The van der Waals surface area contributed by atoms with Crippen LogP contribution >= 0.6 is 0 Å². The lowest BCUT2D eigenvalue weighted by molar-refractivity contribution is -0.121. The summed E-state index contributed by atoms with van der Waals surface area (Å²) in [6, 6.07) is 8.79. The molecule has 0 radical (unpaired) electrons. The minimum atomic E-state index is -0.882. The Morgan fingerprint density at radius 3 is 2.42 bits per heavy atom. The Hall–Kier alpha value is -2.96. The Morgan fingerprint density at radius 1 is 1.08 bits per heavy atom. The molecule has 0 aliphatic carbocycles. The van der Waals surface area contributed by atoms with Gasteiger partial charge in [0.25, 0.3) is 0 Å². The molecule has 1 atom stereocenters. The first-order chi connectivity index (χ1) is 11.5. The molecule has 0 aromatic heterocycles. The van der Waals surface area contributed by atoms with Gasteiger partial charge in [-0.2, -0.15) is 0 Å². The molecule has 24 heavy (non-hydrogen) atoms. The predicted octanol–water partition coefficient (Wildman–Crippen LogP) is 2.67. The molecule has 1 unspecified atom stereocenters. The molecule has 1 aliphatic rings. The number of halogens is 2. The second-order valence-electron chi connectivity index (χ2n) is 5.36. The number of nitrogens with one attached hydrogen (secondary N) is 2. The van der Waals surface area contributed by atoms with E-state index in [0.717, 1.165) is 17.7 Å². The van der Waals surface area contributed by atoms with Crippen LogP contribution in [0.4, 0.5) is 25.0 Å². The van der Waals surface area contributed by atoms with Gasteiger partial charge in [-0.1, -0.05) is 24.3 Å². The topological polar surface area (TPSA) is 61.4 Å². The van der Waals surface area contributed by atoms with Crippen molar-refractivity contribution in [3.63, 3.8) is 0 Å². The van der Waals surface area contributed by atoms with Crippen LogP contribution in [0.3, 0.4) is 0 Å². The zero-order valence-electron chi connectivity index (χ0n) is 12.8. The van der Waals surface area contributed by atoms with E-state index in [1.807, 2.05) is 6.07 Å². The van der Waals surface area contributed by atoms with E-state index in [-0.39, 0.29) is 5.91 Å². The molecule has 2 aromatic carbocycles. The van der Waals surface area contributed by atoms with Gasteiger partial charge in [0.15, 0.2) is 0 Å². The number of amides is 3. The van der Waals surface area contributed by atoms with Crippen LogP contribution in [0.1, 0.15) is 5.56 Å². The summed E-state index contributed by atoms with van der Waals surface area (Å²) in [5.41, 5.74) is 0.818. The highest BCUT2D eigenvalue weighted by Gasteiger charge is 2.38. The Labute approximate surface area is 137 Å². The standard InChI is InChI=1S/C17H15F2N3O2/c1-20-16(23)14-9-10-5-2-3-8-13(10)22(14)17(24)21-15-11(18)6-4-7-12(15)19/h2-8,14H,9H2,1H3,(H,20,23)(H,21,24). The lowest BCUT2D eigenvalue weighted by atomic mass is 10.1. The molecule has 0 saturated carbocycles. The van der Waals surface area contributed by atoms with E-state index >= 15 is 0 Å². The second-order valence-corrected chi connectivity index (χ2v) is 5.36. The van der Waals surface area contributed by atoms with Gasteiger partial charge in [0.05, 0.1) is 0 Å². The molecule has 1 aliphatic heterocycles. The Balaban J connectivity index is 1.95. The van der Waals surface area contributed by atoms with Crippen LogP contribution in [0.25, 0.3) is 0 Å².